The number of piperidine rings is 1. The van der Waals surface area contributed by atoms with Crippen LogP contribution in [0.15, 0.2) is 0 Å². The number of ether oxygens (including phenoxy) is 1. The first-order valence-corrected chi connectivity index (χ1v) is 4.11. The zero-order valence-corrected chi connectivity index (χ0v) is 6.72. The maximum atomic E-state index is 11.3. The van der Waals surface area contributed by atoms with E-state index in [4.69, 9.17) is 4.74 Å². The van der Waals surface area contributed by atoms with E-state index in [-0.39, 0.29) is 11.4 Å². The lowest BCUT2D eigenvalue weighted by molar-refractivity contribution is -0.148. The average molecular weight is 155 g/mol. The van der Waals surface area contributed by atoms with Crippen molar-refractivity contribution in [2.75, 3.05) is 13.7 Å². The second-order valence-electron chi connectivity index (χ2n) is 3.46. The van der Waals surface area contributed by atoms with Crippen molar-refractivity contribution in [1.29, 1.82) is 0 Å². The normalized spacial score (nSPS) is 41.0. The molecular formula is C8H13NO2. The largest absolute Gasteiger partial charge is 0.469 e. The van der Waals surface area contributed by atoms with E-state index in [1.165, 1.54) is 7.11 Å². The minimum atomic E-state index is -0.118. The molecule has 0 spiro atoms. The lowest BCUT2D eigenvalue weighted by Gasteiger charge is -2.19. The number of hydrogen-bond acceptors (Lipinski definition) is 3. The smallest absolute Gasteiger partial charge is 0.313 e. The molecule has 2 atom stereocenters. The molecule has 1 heterocycles. The van der Waals surface area contributed by atoms with E-state index >= 15 is 0 Å². The predicted molar refractivity (Wildman–Crippen MR) is 40.1 cm³/mol. The summed E-state index contributed by atoms with van der Waals surface area (Å²) in [5.74, 6) is -0.0188. The molecule has 2 rings (SSSR count). The van der Waals surface area contributed by atoms with Gasteiger partial charge in [-0.25, -0.2) is 0 Å². The Kier molecular flexibility index (Phi) is 1.42. The van der Waals surface area contributed by atoms with Crippen LogP contribution in [0.4, 0.5) is 0 Å². The topological polar surface area (TPSA) is 38.3 Å². The lowest BCUT2D eigenvalue weighted by Crippen LogP contribution is -2.34. The summed E-state index contributed by atoms with van der Waals surface area (Å²) in [4.78, 5) is 11.3. The Hall–Kier alpha value is -0.570. The van der Waals surface area contributed by atoms with E-state index in [2.05, 4.69) is 5.32 Å². The number of esters is 1. The standard InChI is InChI=1S/C8H13NO2/c1-11-7(10)8-3-2-4-9-6(8)5-8/h6,9H,2-5H2,1H3. The lowest BCUT2D eigenvalue weighted by atomic mass is 9.97. The van der Waals surface area contributed by atoms with Crippen molar-refractivity contribution in [3.8, 4) is 0 Å². The maximum absolute atomic E-state index is 11.3. The highest BCUT2D eigenvalue weighted by Gasteiger charge is 2.61. The molecule has 2 unspecified atom stereocenters. The Morgan fingerprint density at radius 2 is 2.55 bits per heavy atom. The van der Waals surface area contributed by atoms with Crippen molar-refractivity contribution in [2.24, 2.45) is 5.41 Å². The summed E-state index contributed by atoms with van der Waals surface area (Å²) in [5, 5.41) is 3.31. The number of carbonyl (C=O) groups excluding carboxylic acids is 1. The molecule has 1 saturated heterocycles. The van der Waals surface area contributed by atoms with Gasteiger partial charge in [0.25, 0.3) is 0 Å². The van der Waals surface area contributed by atoms with Crippen LogP contribution in [0.1, 0.15) is 19.3 Å². The third-order valence-electron chi connectivity index (χ3n) is 2.86. The molecule has 0 aromatic carbocycles. The van der Waals surface area contributed by atoms with Gasteiger partial charge < -0.3 is 10.1 Å². The molecule has 0 amide bonds. The highest BCUT2D eigenvalue weighted by atomic mass is 16.5. The first-order valence-electron chi connectivity index (χ1n) is 4.11. The molecule has 0 bridgehead atoms. The molecule has 2 aliphatic rings. The van der Waals surface area contributed by atoms with Gasteiger partial charge in [0.15, 0.2) is 0 Å². The van der Waals surface area contributed by atoms with E-state index in [9.17, 15) is 4.79 Å². The van der Waals surface area contributed by atoms with Crippen LogP contribution < -0.4 is 5.32 Å². The summed E-state index contributed by atoms with van der Waals surface area (Å²) in [7, 11) is 1.47. The molecule has 1 aliphatic heterocycles. The monoisotopic (exact) mass is 155 g/mol. The molecule has 1 N–H and O–H groups in total. The van der Waals surface area contributed by atoms with E-state index in [0.717, 1.165) is 25.8 Å². The van der Waals surface area contributed by atoms with Gasteiger partial charge in [0.05, 0.1) is 12.5 Å². The summed E-state index contributed by atoms with van der Waals surface area (Å²) < 4.78 is 4.76. The quantitative estimate of drug-likeness (QED) is 0.553. The van der Waals surface area contributed by atoms with Gasteiger partial charge in [-0.3, -0.25) is 4.79 Å². The highest BCUT2D eigenvalue weighted by Crippen LogP contribution is 2.52. The molecule has 0 aromatic heterocycles. The second kappa shape index (κ2) is 2.21. The minimum Gasteiger partial charge on any atom is -0.469 e. The Morgan fingerprint density at radius 1 is 1.73 bits per heavy atom. The number of fused-ring (bicyclic) bond motifs is 1. The van der Waals surface area contributed by atoms with E-state index in [1.54, 1.807) is 0 Å². The molecule has 3 heteroatoms. The van der Waals surface area contributed by atoms with Gasteiger partial charge in [-0.15, -0.1) is 0 Å². The zero-order valence-electron chi connectivity index (χ0n) is 6.72. The molecule has 0 radical (unpaired) electrons. The summed E-state index contributed by atoms with van der Waals surface area (Å²) in [5.41, 5.74) is -0.118. The molecule has 2 fully saturated rings. The average Bonchev–Trinajstić information content (AvgIpc) is 2.78. The van der Waals surface area contributed by atoms with E-state index in [1.807, 2.05) is 0 Å². The predicted octanol–water partition coefficient (Wildman–Crippen LogP) is 0.301. The Morgan fingerprint density at radius 3 is 3.18 bits per heavy atom. The van der Waals surface area contributed by atoms with Crippen molar-refractivity contribution in [2.45, 2.75) is 25.3 Å². The SMILES string of the molecule is COC(=O)C12CCCNC1C2. The first kappa shape index (κ1) is 7.10. The summed E-state index contributed by atoms with van der Waals surface area (Å²) in [6.07, 6.45) is 3.10. The van der Waals surface area contributed by atoms with Crippen LogP contribution in [0.5, 0.6) is 0 Å². The van der Waals surface area contributed by atoms with Crippen molar-refractivity contribution in [3.63, 3.8) is 0 Å². The fourth-order valence-electron chi connectivity index (χ4n) is 2.06. The third-order valence-corrected chi connectivity index (χ3v) is 2.86. The zero-order chi connectivity index (χ0) is 7.90. The molecule has 1 aliphatic carbocycles. The minimum absolute atomic E-state index is 0.0188. The Labute approximate surface area is 66.1 Å². The maximum Gasteiger partial charge on any atom is 0.313 e. The first-order chi connectivity index (χ1) is 5.29. The van der Waals surface area contributed by atoms with Crippen molar-refractivity contribution < 1.29 is 9.53 Å². The molecule has 3 nitrogen and oxygen atoms in total. The number of hydrogen-bond donors (Lipinski definition) is 1. The van der Waals surface area contributed by atoms with E-state index in [0.29, 0.717) is 6.04 Å². The van der Waals surface area contributed by atoms with Gasteiger partial charge in [0.2, 0.25) is 0 Å². The molecular weight excluding hydrogens is 142 g/mol. The van der Waals surface area contributed by atoms with Crippen LogP contribution in [0.2, 0.25) is 0 Å². The van der Waals surface area contributed by atoms with Crippen LogP contribution in [-0.4, -0.2) is 25.7 Å². The van der Waals surface area contributed by atoms with Gasteiger partial charge in [-0.1, -0.05) is 0 Å². The molecule has 11 heavy (non-hydrogen) atoms. The number of rotatable bonds is 1. The summed E-state index contributed by atoms with van der Waals surface area (Å²) >= 11 is 0. The Balaban J connectivity index is 2.07. The van der Waals surface area contributed by atoms with Crippen molar-refractivity contribution in [3.05, 3.63) is 0 Å². The Bertz CT molecular complexity index is 193. The second-order valence-corrected chi connectivity index (χ2v) is 3.46. The van der Waals surface area contributed by atoms with E-state index < -0.39 is 0 Å². The van der Waals surface area contributed by atoms with Gasteiger partial charge in [-0.05, 0) is 25.8 Å². The fourth-order valence-corrected chi connectivity index (χ4v) is 2.06. The van der Waals surface area contributed by atoms with Crippen molar-refractivity contribution >= 4 is 5.97 Å². The van der Waals surface area contributed by atoms with Crippen LogP contribution in [0.3, 0.4) is 0 Å². The van der Waals surface area contributed by atoms with Gasteiger partial charge >= 0.3 is 5.97 Å². The third kappa shape index (κ3) is 0.872. The fraction of sp³-hybridized carbons (Fsp3) is 0.875. The molecule has 1 saturated carbocycles. The number of carbonyl (C=O) groups is 1. The van der Waals surface area contributed by atoms with Crippen LogP contribution in [-0.2, 0) is 9.53 Å². The summed E-state index contributed by atoms with van der Waals surface area (Å²) in [6.45, 7) is 1.06. The van der Waals surface area contributed by atoms with Gasteiger partial charge in [0.1, 0.15) is 0 Å². The number of methoxy groups -OCH3 is 1. The van der Waals surface area contributed by atoms with Crippen LogP contribution in [0, 0.1) is 5.41 Å². The van der Waals surface area contributed by atoms with Gasteiger partial charge in [0, 0.05) is 6.04 Å². The van der Waals surface area contributed by atoms with Gasteiger partial charge in [-0.2, -0.15) is 0 Å². The number of nitrogens with one attached hydrogen (secondary N) is 1. The highest BCUT2D eigenvalue weighted by molar-refractivity contribution is 5.81. The molecule has 62 valence electrons. The van der Waals surface area contributed by atoms with Crippen LogP contribution >= 0.6 is 0 Å². The molecule has 0 aromatic rings. The van der Waals surface area contributed by atoms with Crippen molar-refractivity contribution in [1.82, 2.24) is 5.32 Å². The summed E-state index contributed by atoms with van der Waals surface area (Å²) in [6, 6.07) is 0.420. The van der Waals surface area contributed by atoms with Crippen LogP contribution in [0.25, 0.3) is 0 Å².